The molecule has 3 aromatic rings. The average Bonchev–Trinajstić information content (AvgIpc) is 3.00. The van der Waals surface area contributed by atoms with E-state index in [2.05, 4.69) is 0 Å². The molecule has 0 aromatic heterocycles. The average molecular weight is 634 g/mol. The molecule has 4 bridgehead atoms. The van der Waals surface area contributed by atoms with Crippen molar-refractivity contribution in [2.75, 3.05) is 6.61 Å². The second-order valence-corrected chi connectivity index (χ2v) is 9.89. The number of carbonyl (C=O) groups excluding carboxylic acids is 3. The molecule has 3 aromatic carbocycles. The lowest BCUT2D eigenvalue weighted by Gasteiger charge is -2.39. The quantitative estimate of drug-likeness (QED) is 0.0946. The predicted molar refractivity (Wildman–Crippen MR) is 139 cm³/mol. The van der Waals surface area contributed by atoms with Crippen LogP contribution in [0.5, 0.6) is 51.7 Å². The Morgan fingerprint density at radius 3 is 1.91 bits per heavy atom. The zero-order chi connectivity index (χ0) is 33.2. The third kappa shape index (κ3) is 4.60. The number of hydrogen-bond acceptors (Lipinski definition) is 18. The fourth-order valence-corrected chi connectivity index (χ4v) is 5.06. The van der Waals surface area contributed by atoms with Crippen molar-refractivity contribution in [2.45, 2.75) is 30.5 Å². The Bertz CT molecular complexity index is 1760. The van der Waals surface area contributed by atoms with E-state index < -0.39 is 140 Å². The molecule has 0 saturated heterocycles. The predicted octanol–water partition coefficient (Wildman–Crippen LogP) is -0.606. The van der Waals surface area contributed by atoms with Crippen LogP contribution in [0.25, 0.3) is 11.1 Å². The van der Waals surface area contributed by atoms with Gasteiger partial charge in [0.15, 0.2) is 58.6 Å². The highest BCUT2D eigenvalue weighted by molar-refractivity contribution is 6.10. The van der Waals surface area contributed by atoms with Gasteiger partial charge in [0, 0.05) is 16.7 Å². The van der Waals surface area contributed by atoms with E-state index in [4.69, 9.17) is 14.2 Å². The Morgan fingerprint density at radius 1 is 0.733 bits per heavy atom. The smallest absolute Gasteiger partial charge is 0.339 e. The number of carbonyl (C=O) groups is 3. The third-order valence-corrected chi connectivity index (χ3v) is 7.27. The van der Waals surface area contributed by atoms with Crippen LogP contribution in [0.15, 0.2) is 18.2 Å². The Morgan fingerprint density at radius 2 is 1.31 bits per heavy atom. The lowest BCUT2D eigenvalue weighted by atomic mass is 9.82. The minimum atomic E-state index is -2.43. The van der Waals surface area contributed by atoms with Crippen LogP contribution in [0.4, 0.5) is 0 Å². The molecule has 3 heterocycles. The molecule has 18 heteroatoms. The maximum Gasteiger partial charge on any atom is 0.339 e. The zero-order valence-corrected chi connectivity index (χ0v) is 22.1. The lowest BCUT2D eigenvalue weighted by Crippen LogP contribution is -2.54. The van der Waals surface area contributed by atoms with Gasteiger partial charge in [-0.25, -0.2) is 14.4 Å². The molecule has 238 valence electrons. The Labute approximate surface area is 248 Å². The van der Waals surface area contributed by atoms with E-state index in [0.717, 1.165) is 0 Å². The summed E-state index contributed by atoms with van der Waals surface area (Å²) in [7, 11) is 0. The van der Waals surface area contributed by atoms with Crippen LogP contribution in [0.2, 0.25) is 0 Å². The van der Waals surface area contributed by atoms with E-state index in [1.165, 1.54) is 0 Å². The molecule has 5 atom stereocenters. The highest BCUT2D eigenvalue weighted by Gasteiger charge is 2.52. The second kappa shape index (κ2) is 10.7. The van der Waals surface area contributed by atoms with Crippen LogP contribution in [0, 0.1) is 0 Å². The molecule has 0 saturated carbocycles. The molecule has 3 aliphatic rings. The molecular weight excluding hydrogens is 612 g/mol. The Balaban J connectivity index is 1.67. The highest BCUT2D eigenvalue weighted by atomic mass is 16.6. The van der Waals surface area contributed by atoms with Gasteiger partial charge in [-0.2, -0.15) is 0 Å². The van der Waals surface area contributed by atoms with Crippen LogP contribution < -0.4 is 0 Å². The first kappa shape index (κ1) is 30.6. The van der Waals surface area contributed by atoms with Gasteiger partial charge in [0.25, 0.3) is 0 Å². The number of aliphatic hydroxyl groups is 3. The topological polar surface area (TPSA) is 322 Å². The minimum absolute atomic E-state index is 0.510. The first-order valence-electron chi connectivity index (χ1n) is 12.5. The summed E-state index contributed by atoms with van der Waals surface area (Å²) < 4.78 is 15.5. The summed E-state index contributed by atoms with van der Waals surface area (Å²) in [4.78, 5) is 39.5. The van der Waals surface area contributed by atoms with Crippen LogP contribution >= 0.6 is 0 Å². The third-order valence-electron chi connectivity index (χ3n) is 7.27. The normalized spacial score (nSPS) is 20.0. The van der Waals surface area contributed by atoms with Crippen molar-refractivity contribution >= 4 is 17.9 Å². The van der Waals surface area contributed by atoms with Crippen molar-refractivity contribution in [1.29, 1.82) is 0 Å². The van der Waals surface area contributed by atoms with Crippen molar-refractivity contribution in [3.8, 4) is 62.9 Å². The SMILES string of the molecule is O=C(O[C@@H](CO)[C@@H](O)[C@H]1OC(=O)c2cc(O)c(O)c(O)c2-c2c(O)c(O)c(O)c3c2C(=O)OC1[C@@H]3O)c1cc(O)c(O)c(O)c1. The van der Waals surface area contributed by atoms with Crippen molar-refractivity contribution in [2.24, 2.45) is 0 Å². The first-order chi connectivity index (χ1) is 21.1. The first-order valence-corrected chi connectivity index (χ1v) is 12.5. The number of fused-ring (bicyclic) bond motifs is 3. The second-order valence-electron chi connectivity index (χ2n) is 9.89. The molecule has 6 rings (SSSR count). The number of phenols is 9. The molecule has 0 radical (unpaired) electrons. The van der Waals surface area contributed by atoms with Crippen molar-refractivity contribution in [3.05, 3.63) is 40.5 Å². The number of benzene rings is 3. The molecule has 45 heavy (non-hydrogen) atoms. The molecule has 3 aliphatic heterocycles. The largest absolute Gasteiger partial charge is 0.504 e. The lowest BCUT2D eigenvalue weighted by molar-refractivity contribution is -0.152. The van der Waals surface area contributed by atoms with Crippen LogP contribution in [-0.2, 0) is 14.2 Å². The molecule has 0 amide bonds. The number of rotatable bonds is 5. The number of ether oxygens (including phenoxy) is 3. The molecule has 12 N–H and O–H groups in total. The van der Waals surface area contributed by atoms with Crippen molar-refractivity contribution in [1.82, 2.24) is 0 Å². The van der Waals surface area contributed by atoms with Crippen molar-refractivity contribution in [3.63, 3.8) is 0 Å². The molecular formula is C27H22O18. The maximum absolute atomic E-state index is 13.4. The van der Waals surface area contributed by atoms with E-state index in [0.29, 0.717) is 18.2 Å². The fraction of sp³-hybridized carbons (Fsp3) is 0.222. The molecule has 0 aliphatic carbocycles. The summed E-state index contributed by atoms with van der Waals surface area (Å²) >= 11 is 0. The molecule has 0 spiro atoms. The standard InChI is InChI=1S/C27H22O18/c28-4-10(43-25(40)5-1-7(29)15(32)8(30)2-5)17(34)23-24-21(38)14-13(27(42)45-24)12(19(36)22(39)20(14)37)11-6(26(41)44-23)3-9(31)16(33)18(11)35/h1-3,10,17,21,23-24,28-39H,4H2/t10-,17+,21+,23+,24?/m0/s1. The van der Waals surface area contributed by atoms with Gasteiger partial charge in [-0.05, 0) is 18.2 Å². The maximum atomic E-state index is 13.4. The summed E-state index contributed by atoms with van der Waals surface area (Å²) in [5.74, 6) is -15.2. The van der Waals surface area contributed by atoms with Crippen molar-refractivity contribution < 1.29 is 89.9 Å². The fourth-order valence-electron chi connectivity index (χ4n) is 5.06. The van der Waals surface area contributed by atoms with E-state index in [1.807, 2.05) is 0 Å². The number of phenolic OH excluding ortho intramolecular Hbond substituents is 9. The molecule has 0 fully saturated rings. The number of aliphatic hydroxyl groups excluding tert-OH is 3. The van der Waals surface area contributed by atoms with E-state index >= 15 is 0 Å². The summed E-state index contributed by atoms with van der Waals surface area (Å²) in [6.07, 6.45) is -11.4. The van der Waals surface area contributed by atoms with Gasteiger partial charge >= 0.3 is 17.9 Å². The van der Waals surface area contributed by atoms with E-state index in [9.17, 15) is 75.7 Å². The monoisotopic (exact) mass is 634 g/mol. The van der Waals surface area contributed by atoms with E-state index in [1.54, 1.807) is 0 Å². The highest BCUT2D eigenvalue weighted by Crippen LogP contribution is 2.57. The van der Waals surface area contributed by atoms with Crippen LogP contribution in [0.1, 0.15) is 42.7 Å². The van der Waals surface area contributed by atoms with Gasteiger partial charge in [-0.15, -0.1) is 0 Å². The van der Waals surface area contributed by atoms with Gasteiger partial charge < -0.3 is 75.5 Å². The number of hydrogen-bond donors (Lipinski definition) is 12. The number of aromatic hydroxyl groups is 9. The zero-order valence-electron chi connectivity index (χ0n) is 22.1. The van der Waals surface area contributed by atoms with Gasteiger partial charge in [-0.3, -0.25) is 0 Å². The van der Waals surface area contributed by atoms with Gasteiger partial charge in [0.1, 0.15) is 12.2 Å². The Kier molecular flexibility index (Phi) is 7.28. The van der Waals surface area contributed by atoms with Gasteiger partial charge in [0.2, 0.25) is 11.5 Å². The van der Waals surface area contributed by atoms with Gasteiger partial charge in [-0.1, -0.05) is 0 Å². The Hall–Kier alpha value is -5.85. The summed E-state index contributed by atoms with van der Waals surface area (Å²) in [6.45, 7) is -1.25. The summed E-state index contributed by atoms with van der Waals surface area (Å²) in [5.41, 5.74) is -5.22. The minimum Gasteiger partial charge on any atom is -0.504 e. The van der Waals surface area contributed by atoms with Gasteiger partial charge in [0.05, 0.1) is 23.3 Å². The van der Waals surface area contributed by atoms with Crippen LogP contribution in [0.3, 0.4) is 0 Å². The molecule has 1 unspecified atom stereocenters. The van der Waals surface area contributed by atoms with Crippen LogP contribution in [-0.4, -0.2) is 110 Å². The molecule has 18 nitrogen and oxygen atoms in total. The summed E-state index contributed by atoms with van der Waals surface area (Å²) in [6, 6.07) is 1.81. The van der Waals surface area contributed by atoms with E-state index in [-0.39, 0.29) is 0 Å². The summed E-state index contributed by atoms with van der Waals surface area (Å²) in [5, 5.41) is 124. The number of esters is 3.